The predicted molar refractivity (Wildman–Crippen MR) is 64.5 cm³/mol. The Hall–Kier alpha value is -1.62. The van der Waals surface area contributed by atoms with Crippen molar-refractivity contribution in [3.05, 3.63) is 35.4 Å². The summed E-state index contributed by atoms with van der Waals surface area (Å²) in [4.78, 5) is 0. The number of aromatic nitrogens is 4. The van der Waals surface area contributed by atoms with Crippen LogP contribution in [0.5, 0.6) is 0 Å². The molecule has 92 valence electrons. The smallest absolute Gasteiger partial charge is 0.137 e. The lowest BCUT2D eigenvalue weighted by atomic mass is 10.1. The molecule has 0 spiro atoms. The highest BCUT2D eigenvalue weighted by atomic mass is 16.3. The fourth-order valence-corrected chi connectivity index (χ4v) is 1.94. The molecule has 2 heterocycles. The van der Waals surface area contributed by atoms with Gasteiger partial charge in [0.15, 0.2) is 0 Å². The average molecular weight is 234 g/mol. The Morgan fingerprint density at radius 2 is 2.12 bits per heavy atom. The molecule has 0 amide bonds. The fraction of sp³-hybridized carbons (Fsp3) is 0.500. The van der Waals surface area contributed by atoms with Gasteiger partial charge in [-0.3, -0.25) is 9.36 Å². The van der Waals surface area contributed by atoms with Gasteiger partial charge in [0.2, 0.25) is 0 Å². The lowest BCUT2D eigenvalue weighted by molar-refractivity contribution is 0.198. The van der Waals surface area contributed by atoms with Crippen LogP contribution in [0.15, 0.2) is 18.3 Å². The van der Waals surface area contributed by atoms with E-state index in [1.54, 1.807) is 10.9 Å². The highest BCUT2D eigenvalue weighted by Gasteiger charge is 2.19. The molecule has 1 atom stereocenters. The minimum atomic E-state index is -0.671. The van der Waals surface area contributed by atoms with Gasteiger partial charge in [0, 0.05) is 19.8 Å². The maximum absolute atomic E-state index is 10.4. The first-order valence-corrected chi connectivity index (χ1v) is 5.90. The molecule has 0 aliphatic rings. The summed E-state index contributed by atoms with van der Waals surface area (Å²) >= 11 is 0. The summed E-state index contributed by atoms with van der Waals surface area (Å²) in [5.41, 5.74) is 2.61. The van der Waals surface area contributed by atoms with Crippen LogP contribution in [-0.4, -0.2) is 24.7 Å². The van der Waals surface area contributed by atoms with E-state index in [4.69, 9.17) is 0 Å². The van der Waals surface area contributed by atoms with E-state index in [1.807, 2.05) is 30.8 Å². The summed E-state index contributed by atoms with van der Waals surface area (Å²) < 4.78 is 3.53. The lowest BCUT2D eigenvalue weighted by Crippen LogP contribution is -2.12. The van der Waals surface area contributed by atoms with Crippen molar-refractivity contribution in [2.75, 3.05) is 0 Å². The summed E-state index contributed by atoms with van der Waals surface area (Å²) in [6, 6.07) is 3.78. The summed E-state index contributed by atoms with van der Waals surface area (Å²) in [6.45, 7) is 4.83. The van der Waals surface area contributed by atoms with Gasteiger partial charge in [-0.2, -0.15) is 10.2 Å². The van der Waals surface area contributed by atoms with Crippen LogP contribution in [0.4, 0.5) is 0 Å². The van der Waals surface area contributed by atoms with Gasteiger partial charge in [-0.25, -0.2) is 0 Å². The zero-order valence-electron chi connectivity index (χ0n) is 10.5. The Morgan fingerprint density at radius 3 is 2.65 bits per heavy atom. The van der Waals surface area contributed by atoms with Crippen LogP contribution in [0.3, 0.4) is 0 Å². The zero-order chi connectivity index (χ0) is 12.4. The quantitative estimate of drug-likeness (QED) is 0.867. The second-order valence-electron chi connectivity index (χ2n) is 4.01. The molecule has 1 unspecified atom stereocenters. The number of nitrogens with zero attached hydrogens (tertiary/aromatic N) is 4. The minimum Gasteiger partial charge on any atom is -0.380 e. The summed E-state index contributed by atoms with van der Waals surface area (Å²) in [7, 11) is 1.83. The van der Waals surface area contributed by atoms with Crippen molar-refractivity contribution in [2.45, 2.75) is 32.9 Å². The van der Waals surface area contributed by atoms with Gasteiger partial charge >= 0.3 is 0 Å². The van der Waals surface area contributed by atoms with Gasteiger partial charge in [-0.05, 0) is 25.5 Å². The van der Waals surface area contributed by atoms with Crippen molar-refractivity contribution in [3.8, 4) is 0 Å². The number of aliphatic hydroxyl groups excluding tert-OH is 1. The monoisotopic (exact) mass is 234 g/mol. The Kier molecular flexibility index (Phi) is 3.28. The van der Waals surface area contributed by atoms with Crippen molar-refractivity contribution < 1.29 is 5.11 Å². The van der Waals surface area contributed by atoms with Gasteiger partial charge in [0.1, 0.15) is 6.10 Å². The first-order chi connectivity index (χ1) is 8.17. The summed E-state index contributed by atoms with van der Waals surface area (Å²) in [5.74, 6) is 0. The van der Waals surface area contributed by atoms with Crippen LogP contribution in [0.1, 0.15) is 37.0 Å². The molecule has 0 bridgehead atoms. The van der Waals surface area contributed by atoms with E-state index in [9.17, 15) is 5.11 Å². The third-order valence-electron chi connectivity index (χ3n) is 2.94. The normalized spacial score (nSPS) is 12.9. The largest absolute Gasteiger partial charge is 0.380 e. The molecule has 2 aromatic heterocycles. The Bertz CT molecular complexity index is 500. The molecule has 5 nitrogen and oxygen atoms in total. The standard InChI is InChI=1S/C12H18N4O/c1-4-9-8-11(16(5-2)14-9)12(17)10-6-7-13-15(10)3/h6-8,12,17H,4-5H2,1-3H3. The molecule has 2 aromatic rings. The highest BCUT2D eigenvalue weighted by molar-refractivity contribution is 5.21. The van der Waals surface area contributed by atoms with Crippen LogP contribution >= 0.6 is 0 Å². The molecule has 5 heteroatoms. The molecule has 0 saturated carbocycles. The molecule has 1 N–H and O–H groups in total. The first kappa shape index (κ1) is 11.9. The number of aryl methyl sites for hydroxylation is 3. The van der Waals surface area contributed by atoms with Crippen LogP contribution < -0.4 is 0 Å². The molecule has 0 saturated heterocycles. The van der Waals surface area contributed by atoms with Gasteiger partial charge in [0.25, 0.3) is 0 Å². The highest BCUT2D eigenvalue weighted by Crippen LogP contribution is 2.22. The number of rotatable bonds is 4. The van der Waals surface area contributed by atoms with E-state index in [0.29, 0.717) is 0 Å². The van der Waals surface area contributed by atoms with Gasteiger partial charge in [-0.15, -0.1) is 0 Å². The van der Waals surface area contributed by atoms with Crippen molar-refractivity contribution in [1.82, 2.24) is 19.6 Å². The van der Waals surface area contributed by atoms with E-state index in [1.165, 1.54) is 0 Å². The topological polar surface area (TPSA) is 55.9 Å². The fourth-order valence-electron chi connectivity index (χ4n) is 1.94. The third kappa shape index (κ3) is 2.10. The Morgan fingerprint density at radius 1 is 1.35 bits per heavy atom. The van der Waals surface area contributed by atoms with E-state index >= 15 is 0 Å². The summed E-state index contributed by atoms with van der Waals surface area (Å²) in [6.07, 6.45) is 1.89. The van der Waals surface area contributed by atoms with Crippen molar-refractivity contribution in [3.63, 3.8) is 0 Å². The van der Waals surface area contributed by atoms with Crippen LogP contribution in [0.2, 0.25) is 0 Å². The molecule has 2 rings (SSSR count). The first-order valence-electron chi connectivity index (χ1n) is 5.90. The second-order valence-corrected chi connectivity index (χ2v) is 4.01. The molecule has 17 heavy (non-hydrogen) atoms. The maximum Gasteiger partial charge on any atom is 0.137 e. The van der Waals surface area contributed by atoms with Crippen LogP contribution in [0.25, 0.3) is 0 Å². The number of aliphatic hydroxyl groups is 1. The SMILES string of the molecule is CCc1cc(C(O)c2ccnn2C)n(CC)n1. The Balaban J connectivity index is 2.39. The predicted octanol–water partition coefficient (Wildman–Crippen LogP) is 1.28. The summed E-state index contributed by atoms with van der Waals surface area (Å²) in [5, 5.41) is 18.9. The van der Waals surface area contributed by atoms with Crippen molar-refractivity contribution in [1.29, 1.82) is 0 Å². The number of hydrogen-bond donors (Lipinski definition) is 1. The van der Waals surface area contributed by atoms with Crippen molar-refractivity contribution >= 4 is 0 Å². The van der Waals surface area contributed by atoms with Crippen LogP contribution in [0, 0.1) is 0 Å². The van der Waals surface area contributed by atoms with Crippen LogP contribution in [-0.2, 0) is 20.0 Å². The second kappa shape index (κ2) is 4.71. The molecule has 0 aromatic carbocycles. The van der Waals surface area contributed by atoms with Gasteiger partial charge < -0.3 is 5.11 Å². The van der Waals surface area contributed by atoms with E-state index in [0.717, 1.165) is 30.0 Å². The number of hydrogen-bond acceptors (Lipinski definition) is 3. The molecule has 0 aliphatic carbocycles. The zero-order valence-corrected chi connectivity index (χ0v) is 10.5. The molecular weight excluding hydrogens is 216 g/mol. The van der Waals surface area contributed by atoms with Gasteiger partial charge in [-0.1, -0.05) is 6.92 Å². The Labute approximate surface area is 101 Å². The molecule has 0 aliphatic heterocycles. The lowest BCUT2D eigenvalue weighted by Gasteiger charge is -2.12. The van der Waals surface area contributed by atoms with Gasteiger partial charge in [0.05, 0.1) is 17.1 Å². The third-order valence-corrected chi connectivity index (χ3v) is 2.94. The molecular formula is C12H18N4O. The van der Waals surface area contributed by atoms with Crippen molar-refractivity contribution in [2.24, 2.45) is 7.05 Å². The molecule has 0 radical (unpaired) electrons. The minimum absolute atomic E-state index is 0.671. The van der Waals surface area contributed by atoms with E-state index < -0.39 is 6.10 Å². The van der Waals surface area contributed by atoms with E-state index in [2.05, 4.69) is 17.1 Å². The van der Waals surface area contributed by atoms with E-state index in [-0.39, 0.29) is 0 Å². The molecule has 0 fully saturated rings. The average Bonchev–Trinajstić information content (AvgIpc) is 2.93. The maximum atomic E-state index is 10.4.